The summed E-state index contributed by atoms with van der Waals surface area (Å²) in [5, 5.41) is 6.58. The number of carbonyl (C=O) groups excluding carboxylic acids is 1. The first-order chi connectivity index (χ1) is 13.1. The van der Waals surface area contributed by atoms with Crippen molar-refractivity contribution in [2.45, 2.75) is 39.0 Å². The normalized spacial score (nSPS) is 18.1. The first-order valence-corrected chi connectivity index (χ1v) is 9.31. The lowest BCUT2D eigenvalue weighted by atomic mass is 10.2. The number of hydrogen-bond acceptors (Lipinski definition) is 5. The lowest BCUT2D eigenvalue weighted by Gasteiger charge is -2.19. The van der Waals surface area contributed by atoms with Gasteiger partial charge in [0.25, 0.3) is 5.91 Å². The van der Waals surface area contributed by atoms with E-state index in [9.17, 15) is 4.79 Å². The highest BCUT2D eigenvalue weighted by Crippen LogP contribution is 2.14. The van der Waals surface area contributed by atoms with Crippen molar-refractivity contribution in [2.24, 2.45) is 10.7 Å². The van der Waals surface area contributed by atoms with E-state index in [1.165, 1.54) is 0 Å². The highest BCUT2D eigenvalue weighted by atomic mass is 16.5. The number of nitrogens with one attached hydrogen (secondary N) is 2. The summed E-state index contributed by atoms with van der Waals surface area (Å²) in [6.07, 6.45) is 1.15. The molecule has 4 N–H and O–H groups in total. The van der Waals surface area contributed by atoms with Crippen LogP contribution >= 0.6 is 0 Å². The number of hydrogen-bond donors (Lipinski definition) is 3. The fourth-order valence-corrected chi connectivity index (χ4v) is 2.58. The topological polar surface area (TPSA) is 107 Å². The fourth-order valence-electron chi connectivity index (χ4n) is 2.58. The van der Waals surface area contributed by atoms with Crippen molar-refractivity contribution < 1.29 is 19.0 Å². The van der Waals surface area contributed by atoms with Crippen LogP contribution in [0, 0.1) is 0 Å². The molecule has 0 spiro atoms. The van der Waals surface area contributed by atoms with Gasteiger partial charge in [0.05, 0.1) is 25.9 Å². The van der Waals surface area contributed by atoms with E-state index in [4.69, 9.17) is 19.9 Å². The molecule has 1 saturated heterocycles. The zero-order valence-corrected chi connectivity index (χ0v) is 16.1. The van der Waals surface area contributed by atoms with Crippen LogP contribution in [0.15, 0.2) is 29.3 Å². The Hall–Kier alpha value is -2.32. The molecule has 1 aromatic rings. The average molecular weight is 378 g/mol. The third-order valence-electron chi connectivity index (χ3n) is 3.90. The second kappa shape index (κ2) is 11.4. The van der Waals surface area contributed by atoms with Crippen molar-refractivity contribution in [1.82, 2.24) is 10.6 Å². The van der Waals surface area contributed by atoms with Gasteiger partial charge in [0.1, 0.15) is 5.75 Å². The van der Waals surface area contributed by atoms with Gasteiger partial charge >= 0.3 is 0 Å². The predicted molar refractivity (Wildman–Crippen MR) is 104 cm³/mol. The van der Waals surface area contributed by atoms with Gasteiger partial charge in [-0.05, 0) is 38.0 Å². The third-order valence-corrected chi connectivity index (χ3v) is 3.90. The Morgan fingerprint density at radius 1 is 1.48 bits per heavy atom. The summed E-state index contributed by atoms with van der Waals surface area (Å²) in [4.78, 5) is 15.4. The van der Waals surface area contributed by atoms with E-state index in [0.717, 1.165) is 31.1 Å². The van der Waals surface area contributed by atoms with Gasteiger partial charge in [0, 0.05) is 19.2 Å². The minimum atomic E-state index is -0.502. The quantitative estimate of drug-likeness (QED) is 0.411. The van der Waals surface area contributed by atoms with E-state index in [0.29, 0.717) is 25.5 Å². The summed E-state index contributed by atoms with van der Waals surface area (Å²) in [6, 6.07) is 7.57. The second-order valence-corrected chi connectivity index (χ2v) is 6.46. The maximum Gasteiger partial charge on any atom is 0.255 e. The van der Waals surface area contributed by atoms with Crippen molar-refractivity contribution in [3.63, 3.8) is 0 Å². The molecule has 0 bridgehead atoms. The number of benzene rings is 1. The maximum atomic E-state index is 10.8. The lowest BCUT2D eigenvalue weighted by molar-refractivity contribution is -0.119. The number of nitrogens with zero attached hydrogens (tertiary/aromatic N) is 1. The third kappa shape index (κ3) is 8.27. The van der Waals surface area contributed by atoms with Crippen LogP contribution in [0.25, 0.3) is 0 Å². The standard InChI is InChI=1S/C19H30N4O4/c1-3-21-19(23-14(2)11-26-17-7-8-25-12-17)22-10-15-5-4-6-16(9-15)27-13-18(20)24/h4-6,9,14,17H,3,7-8,10-13H2,1-2H3,(H2,20,24)(H2,21,22,23). The van der Waals surface area contributed by atoms with Gasteiger partial charge in [-0.25, -0.2) is 4.99 Å². The van der Waals surface area contributed by atoms with Crippen molar-refractivity contribution in [1.29, 1.82) is 0 Å². The van der Waals surface area contributed by atoms with Gasteiger partial charge in [-0.2, -0.15) is 0 Å². The van der Waals surface area contributed by atoms with Gasteiger partial charge in [-0.1, -0.05) is 12.1 Å². The Balaban J connectivity index is 1.86. The van der Waals surface area contributed by atoms with E-state index in [2.05, 4.69) is 22.5 Å². The highest BCUT2D eigenvalue weighted by molar-refractivity contribution is 5.80. The molecule has 1 aliphatic rings. The Labute approximate surface area is 160 Å². The van der Waals surface area contributed by atoms with Crippen LogP contribution in [-0.2, 0) is 20.8 Å². The van der Waals surface area contributed by atoms with Crippen LogP contribution in [0.2, 0.25) is 0 Å². The molecule has 0 saturated carbocycles. The zero-order chi connectivity index (χ0) is 19.5. The Bertz CT molecular complexity index is 617. The molecular weight excluding hydrogens is 348 g/mol. The first-order valence-electron chi connectivity index (χ1n) is 9.31. The second-order valence-electron chi connectivity index (χ2n) is 6.46. The molecule has 1 heterocycles. The van der Waals surface area contributed by atoms with Crippen molar-refractivity contribution in [2.75, 3.05) is 33.0 Å². The Morgan fingerprint density at radius 2 is 2.33 bits per heavy atom. The van der Waals surface area contributed by atoms with E-state index in [1.54, 1.807) is 6.07 Å². The zero-order valence-electron chi connectivity index (χ0n) is 16.1. The molecule has 8 nitrogen and oxygen atoms in total. The summed E-state index contributed by atoms with van der Waals surface area (Å²) < 4.78 is 16.5. The number of rotatable bonds is 10. The molecule has 0 aromatic heterocycles. The molecule has 1 amide bonds. The molecule has 0 radical (unpaired) electrons. The van der Waals surface area contributed by atoms with Gasteiger partial charge in [0.15, 0.2) is 12.6 Å². The molecule has 2 atom stereocenters. The minimum Gasteiger partial charge on any atom is -0.484 e. The van der Waals surface area contributed by atoms with Crippen LogP contribution < -0.4 is 21.1 Å². The number of primary amides is 1. The van der Waals surface area contributed by atoms with Crippen LogP contribution in [-0.4, -0.2) is 57.0 Å². The first kappa shape index (κ1) is 21.0. The number of guanidine groups is 1. The molecule has 8 heteroatoms. The smallest absolute Gasteiger partial charge is 0.255 e. The summed E-state index contributed by atoms with van der Waals surface area (Å²) in [6.45, 7) is 7.22. The number of nitrogens with two attached hydrogens (primary N) is 1. The summed E-state index contributed by atoms with van der Waals surface area (Å²) in [5.41, 5.74) is 6.07. The molecular formula is C19H30N4O4. The Morgan fingerprint density at radius 3 is 3.04 bits per heavy atom. The van der Waals surface area contributed by atoms with Crippen molar-refractivity contribution >= 4 is 11.9 Å². The van der Waals surface area contributed by atoms with Gasteiger partial charge in [-0.3, -0.25) is 4.79 Å². The number of ether oxygens (including phenoxy) is 3. The van der Waals surface area contributed by atoms with Gasteiger partial charge in [0.2, 0.25) is 0 Å². The molecule has 1 aliphatic heterocycles. The monoisotopic (exact) mass is 378 g/mol. The largest absolute Gasteiger partial charge is 0.484 e. The molecule has 0 aliphatic carbocycles. The van der Waals surface area contributed by atoms with Gasteiger partial charge in [-0.15, -0.1) is 0 Å². The van der Waals surface area contributed by atoms with Crippen molar-refractivity contribution in [3.05, 3.63) is 29.8 Å². The predicted octanol–water partition coefficient (Wildman–Crippen LogP) is 0.800. The van der Waals surface area contributed by atoms with Crippen LogP contribution in [0.4, 0.5) is 0 Å². The Kier molecular flexibility index (Phi) is 8.86. The van der Waals surface area contributed by atoms with Crippen LogP contribution in [0.3, 0.4) is 0 Å². The number of carbonyl (C=O) groups is 1. The van der Waals surface area contributed by atoms with Crippen molar-refractivity contribution in [3.8, 4) is 5.75 Å². The lowest BCUT2D eigenvalue weighted by Crippen LogP contribution is -2.44. The average Bonchev–Trinajstić information content (AvgIpc) is 3.17. The SMILES string of the molecule is CCNC(=NCc1cccc(OCC(N)=O)c1)NC(C)COC1CCOC1. The minimum absolute atomic E-state index is 0.119. The molecule has 2 unspecified atom stereocenters. The molecule has 2 rings (SSSR count). The van der Waals surface area contributed by atoms with E-state index >= 15 is 0 Å². The molecule has 1 aromatic carbocycles. The van der Waals surface area contributed by atoms with Gasteiger partial charge < -0.3 is 30.6 Å². The molecule has 27 heavy (non-hydrogen) atoms. The van der Waals surface area contributed by atoms with E-state index < -0.39 is 5.91 Å². The summed E-state index contributed by atoms with van der Waals surface area (Å²) >= 11 is 0. The van der Waals surface area contributed by atoms with Crippen LogP contribution in [0.5, 0.6) is 5.75 Å². The number of aliphatic imine (C=N–C) groups is 1. The molecule has 150 valence electrons. The maximum absolute atomic E-state index is 10.8. The van der Waals surface area contributed by atoms with E-state index in [-0.39, 0.29) is 18.8 Å². The molecule has 1 fully saturated rings. The fraction of sp³-hybridized carbons (Fsp3) is 0.579. The van der Waals surface area contributed by atoms with E-state index in [1.807, 2.05) is 25.1 Å². The number of amides is 1. The van der Waals surface area contributed by atoms with Crippen LogP contribution in [0.1, 0.15) is 25.8 Å². The highest BCUT2D eigenvalue weighted by Gasteiger charge is 2.17. The summed E-state index contributed by atoms with van der Waals surface area (Å²) in [5.74, 6) is 0.817. The summed E-state index contributed by atoms with van der Waals surface area (Å²) in [7, 11) is 0.